The third kappa shape index (κ3) is 2.58. The summed E-state index contributed by atoms with van der Waals surface area (Å²) in [6, 6.07) is 3.26. The summed E-state index contributed by atoms with van der Waals surface area (Å²) >= 11 is 0. The molecule has 1 aromatic heterocycles. The molecule has 0 spiro atoms. The smallest absolute Gasteiger partial charge is 0.373 e. The van der Waals surface area contributed by atoms with E-state index in [9.17, 15) is 4.79 Å². The minimum atomic E-state index is -0.490. The first-order valence-corrected chi connectivity index (χ1v) is 5.42. The molecule has 0 unspecified atom stereocenters. The van der Waals surface area contributed by atoms with Crippen LogP contribution < -0.4 is 5.73 Å². The van der Waals surface area contributed by atoms with Gasteiger partial charge >= 0.3 is 5.97 Å². The molecule has 17 heavy (non-hydrogen) atoms. The van der Waals surface area contributed by atoms with Gasteiger partial charge in [-0.3, -0.25) is 0 Å². The molecule has 2 rings (SSSR count). The zero-order chi connectivity index (χ0) is 12.3. The molecule has 0 amide bonds. The van der Waals surface area contributed by atoms with E-state index < -0.39 is 5.97 Å². The maximum atomic E-state index is 11.1. The second-order valence-corrected chi connectivity index (χ2v) is 3.77. The quantitative estimate of drug-likeness (QED) is 0.472. The number of hydrogen-bond acceptors (Lipinski definition) is 4. The molecule has 2 N–H and O–H groups in total. The lowest BCUT2D eigenvalue weighted by atomic mass is 10.2. The van der Waals surface area contributed by atoms with Gasteiger partial charge in [0.25, 0.3) is 0 Å². The van der Waals surface area contributed by atoms with Crippen LogP contribution in [0.25, 0.3) is 0 Å². The molecule has 1 aromatic rings. The summed E-state index contributed by atoms with van der Waals surface area (Å²) in [6.07, 6.45) is 1.16. The van der Waals surface area contributed by atoms with Gasteiger partial charge in [-0.1, -0.05) is 0 Å². The number of hydrogen-bond donors (Lipinski definition) is 1. The van der Waals surface area contributed by atoms with E-state index in [1.165, 1.54) is 7.11 Å². The van der Waals surface area contributed by atoms with E-state index in [0.717, 1.165) is 19.5 Å². The average molecular weight is 237 g/mol. The van der Waals surface area contributed by atoms with E-state index in [2.05, 4.69) is 9.73 Å². The number of esters is 1. The van der Waals surface area contributed by atoms with Crippen LogP contribution in [-0.4, -0.2) is 37.0 Å². The van der Waals surface area contributed by atoms with Crippen LogP contribution in [0.1, 0.15) is 22.7 Å². The van der Waals surface area contributed by atoms with Crippen LogP contribution >= 0.6 is 0 Å². The van der Waals surface area contributed by atoms with Gasteiger partial charge in [-0.2, -0.15) is 0 Å². The second-order valence-electron chi connectivity index (χ2n) is 3.77. The van der Waals surface area contributed by atoms with Crippen molar-refractivity contribution in [1.82, 2.24) is 4.90 Å². The van der Waals surface area contributed by atoms with Crippen LogP contribution in [-0.2, 0) is 11.3 Å². The lowest BCUT2D eigenvalue weighted by Gasteiger charge is -2.31. The van der Waals surface area contributed by atoms with Gasteiger partial charge in [0.1, 0.15) is 12.3 Å². The summed E-state index contributed by atoms with van der Waals surface area (Å²) in [6.45, 7) is 2.25. The van der Waals surface area contributed by atoms with E-state index in [-0.39, 0.29) is 5.76 Å². The lowest BCUT2D eigenvalue weighted by molar-refractivity contribution is 0.0563. The molecule has 0 aromatic carbocycles. The van der Waals surface area contributed by atoms with Crippen LogP contribution in [0.3, 0.4) is 0 Å². The van der Waals surface area contributed by atoms with Crippen molar-refractivity contribution in [2.75, 3.05) is 20.2 Å². The highest BCUT2D eigenvalue weighted by molar-refractivity contribution is 5.86. The zero-order valence-electron chi connectivity index (χ0n) is 9.68. The Hall–Kier alpha value is -1.98. The number of likely N-dealkylation sites (tertiary alicyclic amines) is 1. The highest BCUT2D eigenvalue weighted by Crippen LogP contribution is 2.11. The molecule has 1 aliphatic rings. The van der Waals surface area contributed by atoms with Gasteiger partial charge in [-0.25, -0.2) is 9.79 Å². The number of carbonyl (C=O) groups is 1. The normalized spacial score (nSPS) is 15.6. The monoisotopic (exact) mass is 237 g/mol. The summed E-state index contributed by atoms with van der Waals surface area (Å²) in [4.78, 5) is 17.3. The van der Waals surface area contributed by atoms with Crippen molar-refractivity contribution < 1.29 is 13.9 Å². The number of furan rings is 1. The van der Waals surface area contributed by atoms with Gasteiger partial charge in [-0.05, 0) is 18.6 Å². The molecule has 6 nitrogen and oxygen atoms in total. The molecule has 2 heterocycles. The summed E-state index contributed by atoms with van der Waals surface area (Å²) in [7, 11) is 1.31. The van der Waals surface area contributed by atoms with Gasteiger partial charge in [0.05, 0.1) is 7.11 Å². The molecule has 1 aliphatic heterocycles. The van der Waals surface area contributed by atoms with Crippen molar-refractivity contribution in [3.8, 4) is 0 Å². The molecule has 92 valence electrons. The molecule has 1 saturated heterocycles. The Morgan fingerprint density at radius 1 is 1.59 bits per heavy atom. The first-order chi connectivity index (χ1) is 8.20. The Bertz CT molecular complexity index is 435. The van der Waals surface area contributed by atoms with E-state index in [1.807, 2.05) is 4.90 Å². The Balaban J connectivity index is 1.94. The van der Waals surface area contributed by atoms with Gasteiger partial charge < -0.3 is 19.8 Å². The zero-order valence-corrected chi connectivity index (χ0v) is 9.68. The number of nitrogens with zero attached hydrogens (tertiary/aromatic N) is 2. The standard InChI is InChI=1S/C11H15N3O3/c1-16-10(15)9-4-3-8(17-9)7-13-11(12)14-5-2-6-14/h3-4H,2,5-7H2,1H3,(H2,12,13). The topological polar surface area (TPSA) is 81.1 Å². The Labute approximate surface area is 99.0 Å². The number of carbonyl (C=O) groups excluding carboxylic acids is 1. The van der Waals surface area contributed by atoms with Crippen LogP contribution in [0.15, 0.2) is 21.5 Å². The molecular formula is C11H15N3O3. The number of rotatable bonds is 3. The fraction of sp³-hybridized carbons (Fsp3) is 0.455. The van der Waals surface area contributed by atoms with Crippen LogP contribution in [0.2, 0.25) is 0 Å². The van der Waals surface area contributed by atoms with Crippen molar-refractivity contribution in [2.24, 2.45) is 10.7 Å². The van der Waals surface area contributed by atoms with Gasteiger partial charge in [-0.15, -0.1) is 0 Å². The van der Waals surface area contributed by atoms with Crippen LogP contribution in [0, 0.1) is 0 Å². The minimum absolute atomic E-state index is 0.181. The fourth-order valence-electron chi connectivity index (χ4n) is 1.48. The predicted octanol–water partition coefficient (Wildman–Crippen LogP) is 0.587. The molecule has 0 radical (unpaired) electrons. The van der Waals surface area contributed by atoms with E-state index in [1.54, 1.807) is 12.1 Å². The van der Waals surface area contributed by atoms with Crippen molar-refractivity contribution in [3.63, 3.8) is 0 Å². The number of aliphatic imine (C=N–C) groups is 1. The maximum absolute atomic E-state index is 11.1. The summed E-state index contributed by atoms with van der Waals surface area (Å²) in [5.41, 5.74) is 5.76. The Kier molecular flexibility index (Phi) is 3.32. The largest absolute Gasteiger partial charge is 0.463 e. The lowest BCUT2D eigenvalue weighted by Crippen LogP contribution is -2.46. The van der Waals surface area contributed by atoms with Gasteiger partial charge in [0.2, 0.25) is 5.76 Å². The number of ether oxygens (including phenoxy) is 1. The molecular weight excluding hydrogens is 222 g/mol. The number of methoxy groups -OCH3 is 1. The Morgan fingerprint density at radius 3 is 2.94 bits per heavy atom. The van der Waals surface area contributed by atoms with Gasteiger partial charge in [0, 0.05) is 13.1 Å². The summed E-state index contributed by atoms with van der Waals surface area (Å²) in [5, 5.41) is 0. The van der Waals surface area contributed by atoms with Crippen molar-refractivity contribution in [2.45, 2.75) is 13.0 Å². The van der Waals surface area contributed by atoms with E-state index in [0.29, 0.717) is 18.3 Å². The molecule has 1 fully saturated rings. The number of nitrogens with two attached hydrogens (primary N) is 1. The summed E-state index contributed by atoms with van der Waals surface area (Å²) < 4.78 is 9.80. The highest BCUT2D eigenvalue weighted by atomic mass is 16.5. The van der Waals surface area contributed by atoms with Crippen molar-refractivity contribution >= 4 is 11.9 Å². The molecule has 0 saturated carbocycles. The molecule has 0 atom stereocenters. The first kappa shape index (κ1) is 11.5. The predicted molar refractivity (Wildman–Crippen MR) is 61.6 cm³/mol. The second kappa shape index (κ2) is 4.90. The molecule has 6 heteroatoms. The highest BCUT2D eigenvalue weighted by Gasteiger charge is 2.16. The fourth-order valence-corrected chi connectivity index (χ4v) is 1.48. The average Bonchev–Trinajstić information content (AvgIpc) is 2.71. The van der Waals surface area contributed by atoms with Crippen molar-refractivity contribution in [1.29, 1.82) is 0 Å². The SMILES string of the molecule is COC(=O)c1ccc(CN=C(N)N2CCC2)o1. The van der Waals surface area contributed by atoms with Gasteiger partial charge in [0.15, 0.2) is 5.96 Å². The molecule has 0 bridgehead atoms. The Morgan fingerprint density at radius 2 is 2.35 bits per heavy atom. The minimum Gasteiger partial charge on any atom is -0.463 e. The summed E-state index contributed by atoms with van der Waals surface area (Å²) in [5.74, 6) is 0.803. The van der Waals surface area contributed by atoms with Crippen LogP contribution in [0.4, 0.5) is 0 Å². The molecule has 0 aliphatic carbocycles. The van der Waals surface area contributed by atoms with Crippen LogP contribution in [0.5, 0.6) is 0 Å². The number of guanidine groups is 1. The van der Waals surface area contributed by atoms with Crippen molar-refractivity contribution in [3.05, 3.63) is 23.7 Å². The first-order valence-electron chi connectivity index (χ1n) is 5.42. The third-order valence-corrected chi connectivity index (χ3v) is 2.63. The third-order valence-electron chi connectivity index (χ3n) is 2.63. The maximum Gasteiger partial charge on any atom is 0.373 e. The van der Waals surface area contributed by atoms with E-state index in [4.69, 9.17) is 10.2 Å². The van der Waals surface area contributed by atoms with E-state index >= 15 is 0 Å².